The number of carbonyl (C=O) groups excluding carboxylic acids is 1. The summed E-state index contributed by atoms with van der Waals surface area (Å²) in [5.74, 6) is 2.22. The van der Waals surface area contributed by atoms with Crippen LogP contribution in [0.15, 0.2) is 29.2 Å². The molecule has 0 amide bonds. The summed E-state index contributed by atoms with van der Waals surface area (Å²) in [5.41, 5.74) is 1.57. The largest absolute Gasteiger partial charge is 0.393 e. The SMILES string of the molecule is Cn1ccnc1S[C@H]1C[C@@H]2[C@H]3CC=C4C[C@@H](O)CC[C@]4(C)[C@@H]3CC[C@@]2(C)C1=O. The zero-order valence-corrected chi connectivity index (χ0v) is 18.0. The molecule has 5 rings (SSSR count). The monoisotopic (exact) mass is 400 g/mol. The lowest BCUT2D eigenvalue weighted by Gasteiger charge is -2.56. The number of nitrogens with zero attached hydrogens (tertiary/aromatic N) is 2. The Hall–Kier alpha value is -1.07. The first-order chi connectivity index (χ1) is 13.3. The van der Waals surface area contributed by atoms with Crippen LogP contribution in [0.5, 0.6) is 0 Å². The molecule has 0 saturated heterocycles. The summed E-state index contributed by atoms with van der Waals surface area (Å²) in [6.45, 7) is 4.70. The highest BCUT2D eigenvalue weighted by Crippen LogP contribution is 2.65. The van der Waals surface area contributed by atoms with E-state index >= 15 is 0 Å². The number of hydrogen-bond acceptors (Lipinski definition) is 4. The van der Waals surface area contributed by atoms with E-state index in [2.05, 4.69) is 24.9 Å². The van der Waals surface area contributed by atoms with Crippen molar-refractivity contribution < 1.29 is 9.90 Å². The molecule has 5 heteroatoms. The van der Waals surface area contributed by atoms with Gasteiger partial charge >= 0.3 is 0 Å². The van der Waals surface area contributed by atoms with E-state index in [-0.39, 0.29) is 22.2 Å². The van der Waals surface area contributed by atoms with E-state index in [1.807, 2.05) is 24.0 Å². The van der Waals surface area contributed by atoms with Crippen LogP contribution < -0.4 is 0 Å². The fourth-order valence-corrected chi connectivity index (χ4v) is 8.39. The minimum Gasteiger partial charge on any atom is -0.393 e. The molecule has 0 radical (unpaired) electrons. The number of hydrogen-bond donors (Lipinski definition) is 1. The van der Waals surface area contributed by atoms with Crippen molar-refractivity contribution in [2.24, 2.45) is 35.6 Å². The highest BCUT2D eigenvalue weighted by atomic mass is 32.2. The second-order valence-corrected chi connectivity index (χ2v) is 11.3. The fraction of sp³-hybridized carbons (Fsp3) is 0.739. The quantitative estimate of drug-likeness (QED) is 0.749. The number of fused-ring (bicyclic) bond motifs is 5. The van der Waals surface area contributed by atoms with Crippen molar-refractivity contribution in [1.29, 1.82) is 0 Å². The molecule has 3 fully saturated rings. The second kappa shape index (κ2) is 6.46. The molecule has 1 aromatic rings. The topological polar surface area (TPSA) is 55.1 Å². The summed E-state index contributed by atoms with van der Waals surface area (Å²) in [7, 11) is 2.01. The van der Waals surface area contributed by atoms with Crippen LogP contribution >= 0.6 is 11.8 Å². The van der Waals surface area contributed by atoms with Crippen LogP contribution in [0.4, 0.5) is 0 Å². The predicted molar refractivity (Wildman–Crippen MR) is 111 cm³/mol. The van der Waals surface area contributed by atoms with Crippen LogP contribution in [-0.4, -0.2) is 31.8 Å². The molecule has 0 bridgehead atoms. The number of ketones is 1. The second-order valence-electron chi connectivity index (χ2n) is 10.1. The molecule has 28 heavy (non-hydrogen) atoms. The highest BCUT2D eigenvalue weighted by Gasteiger charge is 2.61. The van der Waals surface area contributed by atoms with Gasteiger partial charge in [-0.3, -0.25) is 4.79 Å². The Morgan fingerprint density at radius 1 is 1.21 bits per heavy atom. The summed E-state index contributed by atoms with van der Waals surface area (Å²) in [5, 5.41) is 11.2. The van der Waals surface area contributed by atoms with Crippen LogP contribution in [0.1, 0.15) is 58.8 Å². The Kier molecular flexibility index (Phi) is 4.37. The Labute approximate surface area is 172 Å². The Balaban J connectivity index is 1.43. The average molecular weight is 401 g/mol. The molecule has 0 unspecified atom stereocenters. The summed E-state index contributed by atoms with van der Waals surface area (Å²) in [6, 6.07) is 0. The van der Waals surface area contributed by atoms with Gasteiger partial charge in [0.15, 0.2) is 10.9 Å². The summed E-state index contributed by atoms with van der Waals surface area (Å²) >= 11 is 1.67. The number of Topliss-reactive ketones (excluding diaryl/α,β-unsaturated/α-hetero) is 1. The first kappa shape index (κ1) is 18.9. The highest BCUT2D eigenvalue weighted by molar-refractivity contribution is 8.00. The Morgan fingerprint density at radius 3 is 2.75 bits per heavy atom. The van der Waals surface area contributed by atoms with Gasteiger partial charge < -0.3 is 9.67 Å². The molecule has 4 nitrogen and oxygen atoms in total. The molecule has 4 aliphatic rings. The van der Waals surface area contributed by atoms with Gasteiger partial charge in [-0.15, -0.1) is 0 Å². The number of aromatic nitrogens is 2. The van der Waals surface area contributed by atoms with Crippen molar-refractivity contribution in [1.82, 2.24) is 9.55 Å². The summed E-state index contributed by atoms with van der Waals surface area (Å²) in [4.78, 5) is 17.9. The van der Waals surface area contributed by atoms with Crippen LogP contribution in [0.25, 0.3) is 0 Å². The van der Waals surface area contributed by atoms with E-state index in [1.54, 1.807) is 11.8 Å². The van der Waals surface area contributed by atoms with E-state index in [9.17, 15) is 9.90 Å². The molecular formula is C23H32N2O2S. The van der Waals surface area contributed by atoms with Gasteiger partial charge in [0.2, 0.25) is 0 Å². The summed E-state index contributed by atoms with van der Waals surface area (Å²) < 4.78 is 2.02. The molecule has 4 aliphatic carbocycles. The number of aryl methyl sites for hydroxylation is 1. The number of allylic oxidation sites excluding steroid dienone is 1. The van der Waals surface area contributed by atoms with Gasteiger partial charge in [-0.1, -0.05) is 37.3 Å². The molecule has 1 heterocycles. The normalized spacial score (nSPS) is 45.2. The average Bonchev–Trinajstić information content (AvgIpc) is 3.18. The number of imidazole rings is 1. The lowest BCUT2D eigenvalue weighted by molar-refractivity contribution is -0.131. The van der Waals surface area contributed by atoms with E-state index in [0.717, 1.165) is 50.1 Å². The van der Waals surface area contributed by atoms with Crippen LogP contribution in [0, 0.1) is 28.6 Å². The third kappa shape index (κ3) is 2.61. The third-order valence-corrected chi connectivity index (χ3v) is 10.1. The zero-order chi connectivity index (χ0) is 19.7. The van der Waals surface area contributed by atoms with Crippen LogP contribution in [0.3, 0.4) is 0 Å². The molecule has 0 spiro atoms. The molecular weight excluding hydrogens is 368 g/mol. The maximum atomic E-state index is 13.5. The predicted octanol–water partition coefficient (Wildman–Crippen LogP) is 4.38. The molecule has 152 valence electrons. The van der Waals surface area contributed by atoms with Crippen molar-refractivity contribution in [2.45, 2.75) is 75.3 Å². The van der Waals surface area contributed by atoms with Gasteiger partial charge in [0, 0.05) is 24.9 Å². The molecule has 3 saturated carbocycles. The number of aliphatic hydroxyl groups is 1. The number of carbonyl (C=O) groups is 1. The van der Waals surface area contributed by atoms with Crippen molar-refractivity contribution in [3.05, 3.63) is 24.0 Å². The van der Waals surface area contributed by atoms with E-state index in [1.165, 1.54) is 5.57 Å². The third-order valence-electron chi connectivity index (χ3n) is 8.82. The molecule has 1 N–H and O–H groups in total. The first-order valence-electron chi connectivity index (χ1n) is 10.9. The number of rotatable bonds is 2. The van der Waals surface area contributed by atoms with Gasteiger partial charge in [0.05, 0.1) is 11.4 Å². The van der Waals surface area contributed by atoms with E-state index in [0.29, 0.717) is 23.5 Å². The lowest BCUT2D eigenvalue weighted by atomic mass is 9.48. The maximum Gasteiger partial charge on any atom is 0.168 e. The van der Waals surface area contributed by atoms with E-state index in [4.69, 9.17) is 0 Å². The Bertz CT molecular complexity index is 832. The molecule has 0 aliphatic heterocycles. The minimum atomic E-state index is -0.167. The van der Waals surface area contributed by atoms with Gasteiger partial charge in [-0.25, -0.2) is 4.98 Å². The van der Waals surface area contributed by atoms with Gasteiger partial charge in [-0.2, -0.15) is 0 Å². The van der Waals surface area contributed by atoms with Crippen molar-refractivity contribution in [2.75, 3.05) is 0 Å². The fourth-order valence-electron chi connectivity index (χ4n) is 7.10. The zero-order valence-electron chi connectivity index (χ0n) is 17.2. The van der Waals surface area contributed by atoms with Gasteiger partial charge in [0.25, 0.3) is 0 Å². The van der Waals surface area contributed by atoms with Crippen LogP contribution in [0.2, 0.25) is 0 Å². The lowest BCUT2D eigenvalue weighted by Crippen LogP contribution is -2.50. The minimum absolute atomic E-state index is 0.0428. The van der Waals surface area contributed by atoms with E-state index < -0.39 is 0 Å². The van der Waals surface area contributed by atoms with Crippen molar-refractivity contribution in [3.63, 3.8) is 0 Å². The number of aliphatic hydroxyl groups excluding tert-OH is 1. The van der Waals surface area contributed by atoms with Gasteiger partial charge in [0.1, 0.15) is 0 Å². The van der Waals surface area contributed by atoms with Gasteiger partial charge in [-0.05, 0) is 68.1 Å². The van der Waals surface area contributed by atoms with Crippen molar-refractivity contribution >= 4 is 17.5 Å². The molecule has 7 atom stereocenters. The van der Waals surface area contributed by atoms with Crippen molar-refractivity contribution in [3.8, 4) is 0 Å². The molecule has 1 aromatic heterocycles. The Morgan fingerprint density at radius 2 is 2.00 bits per heavy atom. The standard InChI is InChI=1S/C23H32N2O2S/c1-22-8-6-15(26)12-14(22)4-5-16-17(22)7-9-23(2)18(16)13-19(20(23)27)28-21-24-10-11-25(21)3/h4,10-11,15-19,26H,5-9,12-13H2,1-3H3/t15-,16-,17+,18+,19-,22-,23+/m0/s1. The molecule has 0 aromatic carbocycles. The van der Waals surface area contributed by atoms with Crippen LogP contribution in [-0.2, 0) is 11.8 Å². The number of thioether (sulfide) groups is 1. The smallest absolute Gasteiger partial charge is 0.168 e. The maximum absolute atomic E-state index is 13.5. The first-order valence-corrected chi connectivity index (χ1v) is 11.8. The summed E-state index contributed by atoms with van der Waals surface area (Å²) in [6.07, 6.45) is 13.2.